The van der Waals surface area contributed by atoms with Crippen LogP contribution in [0.25, 0.3) is 0 Å². The summed E-state index contributed by atoms with van der Waals surface area (Å²) >= 11 is 0. The maximum Gasteiger partial charge on any atom is 0.410 e. The Morgan fingerprint density at radius 1 is 1.10 bits per heavy atom. The van der Waals surface area contributed by atoms with Crippen molar-refractivity contribution >= 4 is 6.09 Å². The Morgan fingerprint density at radius 3 is 2.60 bits per heavy atom. The molecule has 2 fully saturated rings. The third kappa shape index (κ3) is 4.02. The number of carbonyl (C=O) groups excluding carboxylic acids is 1. The smallest absolute Gasteiger partial charge is 0.410 e. The van der Waals surface area contributed by atoms with Gasteiger partial charge in [-0.05, 0) is 12.0 Å². The van der Waals surface area contributed by atoms with E-state index >= 15 is 0 Å². The first-order valence-corrected chi connectivity index (χ1v) is 9.66. The predicted octanol–water partition coefficient (Wildman–Crippen LogP) is -1.19. The van der Waals surface area contributed by atoms with Crippen molar-refractivity contribution in [2.75, 3.05) is 13.2 Å². The molecule has 30 heavy (non-hydrogen) atoms. The summed E-state index contributed by atoms with van der Waals surface area (Å²) < 4.78 is 11.9. The van der Waals surface area contributed by atoms with E-state index in [2.05, 4.69) is 10.3 Å². The highest BCUT2D eigenvalue weighted by Crippen LogP contribution is 2.28. The van der Waals surface area contributed by atoms with E-state index in [0.29, 0.717) is 12.1 Å². The zero-order valence-electron chi connectivity index (χ0n) is 16.1. The summed E-state index contributed by atoms with van der Waals surface area (Å²) in [6.07, 6.45) is -4.97. The number of nitrogens with zero attached hydrogens (tertiary/aromatic N) is 4. The quantitative estimate of drug-likeness (QED) is 0.452. The van der Waals surface area contributed by atoms with E-state index in [1.54, 1.807) is 4.90 Å². The van der Waals surface area contributed by atoms with E-state index in [1.165, 1.54) is 10.9 Å². The second-order valence-corrected chi connectivity index (χ2v) is 7.46. The number of aliphatic hydroxyl groups is 4. The molecule has 2 aliphatic heterocycles. The summed E-state index contributed by atoms with van der Waals surface area (Å²) in [5.41, 5.74) is 1.51. The fourth-order valence-electron chi connectivity index (χ4n) is 3.72. The van der Waals surface area contributed by atoms with E-state index in [9.17, 15) is 25.2 Å². The van der Waals surface area contributed by atoms with Gasteiger partial charge in [-0.2, -0.15) is 0 Å². The van der Waals surface area contributed by atoms with E-state index in [1.807, 2.05) is 30.3 Å². The molecule has 4 N–H and O–H groups in total. The SMILES string of the molecule is O=C1OC[C@@H](Cc2ccccc2)N1Cc1cn([C@@H]2O[C@H](CO)[C@H](O)[C@H](O)[C@H]2O)nn1. The van der Waals surface area contributed by atoms with Crippen molar-refractivity contribution in [2.45, 2.75) is 49.7 Å². The molecule has 6 atom stereocenters. The van der Waals surface area contributed by atoms with Gasteiger partial charge in [0.05, 0.1) is 25.4 Å². The van der Waals surface area contributed by atoms with E-state index < -0.39 is 43.3 Å². The van der Waals surface area contributed by atoms with Gasteiger partial charge in [0, 0.05) is 0 Å². The lowest BCUT2D eigenvalue weighted by Gasteiger charge is -2.39. The van der Waals surface area contributed by atoms with Crippen LogP contribution in [0, 0.1) is 0 Å². The van der Waals surface area contributed by atoms with Crippen molar-refractivity contribution in [3.05, 3.63) is 47.8 Å². The van der Waals surface area contributed by atoms with Crippen LogP contribution in [0.3, 0.4) is 0 Å². The van der Waals surface area contributed by atoms with Crippen molar-refractivity contribution in [2.24, 2.45) is 0 Å². The largest absolute Gasteiger partial charge is 0.447 e. The lowest BCUT2D eigenvalue weighted by atomic mass is 9.98. The highest BCUT2D eigenvalue weighted by molar-refractivity contribution is 5.70. The second-order valence-electron chi connectivity index (χ2n) is 7.46. The number of hydrogen-bond donors (Lipinski definition) is 4. The number of benzene rings is 1. The molecule has 2 aliphatic rings. The third-order valence-corrected chi connectivity index (χ3v) is 5.41. The number of hydrogen-bond acceptors (Lipinski definition) is 9. The predicted molar refractivity (Wildman–Crippen MR) is 99.9 cm³/mol. The molecule has 0 radical (unpaired) electrons. The minimum atomic E-state index is -1.52. The summed E-state index contributed by atoms with van der Waals surface area (Å²) in [7, 11) is 0. The summed E-state index contributed by atoms with van der Waals surface area (Å²) in [6.45, 7) is -0.119. The third-order valence-electron chi connectivity index (χ3n) is 5.41. The van der Waals surface area contributed by atoms with Crippen LogP contribution in [0.15, 0.2) is 36.5 Å². The summed E-state index contributed by atoms with van der Waals surface area (Å²) in [5, 5.41) is 47.4. The zero-order valence-corrected chi connectivity index (χ0v) is 16.1. The molecule has 0 bridgehead atoms. The maximum atomic E-state index is 12.2. The van der Waals surface area contributed by atoms with Gasteiger partial charge in [0.25, 0.3) is 0 Å². The van der Waals surface area contributed by atoms with Crippen LogP contribution in [0.5, 0.6) is 0 Å². The van der Waals surface area contributed by atoms with Crippen LogP contribution in [0.1, 0.15) is 17.5 Å². The molecule has 0 aliphatic carbocycles. The fraction of sp³-hybridized carbons (Fsp3) is 0.526. The molecule has 162 valence electrons. The van der Waals surface area contributed by atoms with E-state index in [0.717, 1.165) is 5.56 Å². The van der Waals surface area contributed by atoms with Crippen LogP contribution in [0.2, 0.25) is 0 Å². The van der Waals surface area contributed by atoms with Gasteiger partial charge >= 0.3 is 6.09 Å². The average Bonchev–Trinajstić information content (AvgIpc) is 3.35. The standard InChI is InChI=1S/C19H24N4O7/c24-9-14-15(25)16(26)17(27)18(30-14)23-8-12(20-21-23)7-22-13(10-29-19(22)28)6-11-4-2-1-3-5-11/h1-5,8,13-18,24-27H,6-7,9-10H2/t13-,14-,15+,16+,17-,18-/m1/s1. The van der Waals surface area contributed by atoms with Gasteiger partial charge in [-0.15, -0.1) is 5.10 Å². The van der Waals surface area contributed by atoms with Gasteiger partial charge in [-0.3, -0.25) is 4.90 Å². The van der Waals surface area contributed by atoms with E-state index in [-0.39, 0.29) is 19.2 Å². The second kappa shape index (κ2) is 8.66. The van der Waals surface area contributed by atoms with Crippen LogP contribution < -0.4 is 0 Å². The first-order valence-electron chi connectivity index (χ1n) is 9.66. The molecule has 1 amide bonds. The molecule has 4 rings (SSSR count). The minimum absolute atomic E-state index is 0.147. The Kier molecular flexibility index (Phi) is 5.97. The Bertz CT molecular complexity index is 862. The van der Waals surface area contributed by atoms with Gasteiger partial charge < -0.3 is 29.9 Å². The molecule has 11 heteroatoms. The molecule has 0 saturated carbocycles. The number of amides is 1. The highest BCUT2D eigenvalue weighted by Gasteiger charge is 2.45. The maximum absolute atomic E-state index is 12.2. The van der Waals surface area contributed by atoms with Gasteiger partial charge in [0.2, 0.25) is 0 Å². The van der Waals surface area contributed by atoms with Crippen molar-refractivity contribution in [1.82, 2.24) is 19.9 Å². The molecule has 2 aromatic rings. The van der Waals surface area contributed by atoms with Crippen LogP contribution in [-0.4, -0.2) is 90.1 Å². The summed E-state index contributed by atoms with van der Waals surface area (Å²) in [4.78, 5) is 13.8. The molecule has 1 aromatic heterocycles. The minimum Gasteiger partial charge on any atom is -0.447 e. The highest BCUT2D eigenvalue weighted by atomic mass is 16.6. The topological polar surface area (TPSA) is 150 Å². The zero-order chi connectivity index (χ0) is 21.3. The Morgan fingerprint density at radius 2 is 1.87 bits per heavy atom. The molecule has 11 nitrogen and oxygen atoms in total. The number of aromatic nitrogens is 3. The van der Waals surface area contributed by atoms with Crippen LogP contribution in [0.4, 0.5) is 4.79 Å². The molecule has 2 saturated heterocycles. The lowest BCUT2D eigenvalue weighted by molar-refractivity contribution is -0.254. The molecule has 3 heterocycles. The molecule has 1 aromatic carbocycles. The van der Waals surface area contributed by atoms with E-state index in [4.69, 9.17) is 9.47 Å². The number of aliphatic hydroxyl groups excluding tert-OH is 4. The molecular weight excluding hydrogens is 396 g/mol. The van der Waals surface area contributed by atoms with Gasteiger partial charge in [0.15, 0.2) is 6.23 Å². The Labute approximate surface area is 172 Å². The van der Waals surface area contributed by atoms with Crippen molar-refractivity contribution in [1.29, 1.82) is 0 Å². The first kappa shape index (κ1) is 20.7. The van der Waals surface area contributed by atoms with Crippen LogP contribution >= 0.6 is 0 Å². The van der Waals surface area contributed by atoms with Gasteiger partial charge in [-0.1, -0.05) is 35.5 Å². The number of ether oxygens (including phenoxy) is 2. The number of carbonyl (C=O) groups is 1. The van der Waals surface area contributed by atoms with Gasteiger partial charge in [-0.25, -0.2) is 9.48 Å². The fourth-order valence-corrected chi connectivity index (χ4v) is 3.72. The Hall–Kier alpha value is -2.57. The lowest BCUT2D eigenvalue weighted by Crippen LogP contribution is -2.56. The Balaban J connectivity index is 1.46. The number of rotatable bonds is 6. The van der Waals surface area contributed by atoms with Gasteiger partial charge in [0.1, 0.15) is 36.7 Å². The van der Waals surface area contributed by atoms with Crippen molar-refractivity contribution in [3.63, 3.8) is 0 Å². The normalized spacial score (nSPS) is 31.7. The number of cyclic esters (lactones) is 1. The van der Waals surface area contributed by atoms with Crippen LogP contribution in [-0.2, 0) is 22.4 Å². The molecule has 0 unspecified atom stereocenters. The molecular formula is C19H24N4O7. The first-order chi connectivity index (χ1) is 14.5. The van der Waals surface area contributed by atoms with Crippen molar-refractivity contribution in [3.8, 4) is 0 Å². The average molecular weight is 420 g/mol. The molecule has 0 spiro atoms. The summed E-state index contributed by atoms with van der Waals surface area (Å²) in [6, 6.07) is 9.60. The summed E-state index contributed by atoms with van der Waals surface area (Å²) in [5.74, 6) is 0. The van der Waals surface area contributed by atoms with Crippen molar-refractivity contribution < 1.29 is 34.7 Å². The monoisotopic (exact) mass is 420 g/mol.